The summed E-state index contributed by atoms with van der Waals surface area (Å²) in [7, 11) is 0. The van der Waals surface area contributed by atoms with Gasteiger partial charge in [0.25, 0.3) is 0 Å². The lowest BCUT2D eigenvalue weighted by Gasteiger charge is -2.23. The van der Waals surface area contributed by atoms with Crippen LogP contribution in [0.1, 0.15) is 34.3 Å². The highest BCUT2D eigenvalue weighted by Crippen LogP contribution is 2.33. The molecule has 0 saturated heterocycles. The van der Waals surface area contributed by atoms with Gasteiger partial charge in [0.15, 0.2) is 0 Å². The van der Waals surface area contributed by atoms with E-state index in [2.05, 4.69) is 0 Å². The number of aliphatic hydroxyl groups excluding tert-OH is 1. The van der Waals surface area contributed by atoms with E-state index in [0.717, 1.165) is 16.7 Å². The average Bonchev–Trinajstić information content (AvgIpc) is 2.95. The highest BCUT2D eigenvalue weighted by Gasteiger charge is 2.23. The van der Waals surface area contributed by atoms with Crippen molar-refractivity contribution < 1.29 is 9.84 Å². The Bertz CT molecular complexity index is 644. The molecule has 0 amide bonds. The molecule has 0 saturated carbocycles. The number of rotatable bonds is 4. The van der Waals surface area contributed by atoms with Gasteiger partial charge in [0.2, 0.25) is 0 Å². The minimum Gasteiger partial charge on any atom is -0.388 e. The van der Waals surface area contributed by atoms with Crippen molar-refractivity contribution in [2.24, 2.45) is 5.73 Å². The standard InChI is InChI=1S/C17H18ClNO2/c18-15-3-1-2-11(7-15)16(8-19)17(20)12-4-5-13-9-21-10-14(13)6-12/h1-7,16-17,20H,8-10,19H2. The third-order valence-corrected chi connectivity index (χ3v) is 4.23. The fourth-order valence-electron chi connectivity index (χ4n) is 2.79. The van der Waals surface area contributed by atoms with E-state index >= 15 is 0 Å². The van der Waals surface area contributed by atoms with E-state index in [1.807, 2.05) is 42.5 Å². The zero-order chi connectivity index (χ0) is 14.8. The molecule has 0 spiro atoms. The first-order valence-corrected chi connectivity index (χ1v) is 7.40. The number of ether oxygens (including phenoxy) is 1. The van der Waals surface area contributed by atoms with E-state index in [4.69, 9.17) is 22.1 Å². The summed E-state index contributed by atoms with van der Waals surface area (Å²) < 4.78 is 5.41. The molecule has 0 bridgehead atoms. The van der Waals surface area contributed by atoms with Crippen LogP contribution >= 0.6 is 11.6 Å². The first-order chi connectivity index (χ1) is 10.2. The number of aliphatic hydroxyl groups is 1. The van der Waals surface area contributed by atoms with E-state index in [9.17, 15) is 5.11 Å². The van der Waals surface area contributed by atoms with Crippen molar-refractivity contribution in [3.8, 4) is 0 Å². The molecule has 0 radical (unpaired) electrons. The van der Waals surface area contributed by atoms with Crippen LogP contribution in [0.25, 0.3) is 0 Å². The molecule has 1 heterocycles. The van der Waals surface area contributed by atoms with Crippen LogP contribution in [0.2, 0.25) is 5.02 Å². The Balaban J connectivity index is 1.90. The molecular weight excluding hydrogens is 286 g/mol. The van der Waals surface area contributed by atoms with Crippen LogP contribution in [0, 0.1) is 0 Å². The van der Waals surface area contributed by atoms with Gasteiger partial charge in [-0.15, -0.1) is 0 Å². The molecule has 110 valence electrons. The maximum absolute atomic E-state index is 10.7. The molecule has 1 aliphatic rings. The minimum absolute atomic E-state index is 0.177. The smallest absolute Gasteiger partial charge is 0.0870 e. The van der Waals surface area contributed by atoms with E-state index < -0.39 is 6.10 Å². The van der Waals surface area contributed by atoms with Gasteiger partial charge in [0.1, 0.15) is 0 Å². The van der Waals surface area contributed by atoms with Gasteiger partial charge >= 0.3 is 0 Å². The third-order valence-electron chi connectivity index (χ3n) is 4.00. The average molecular weight is 304 g/mol. The highest BCUT2D eigenvalue weighted by molar-refractivity contribution is 6.30. The van der Waals surface area contributed by atoms with Crippen LogP contribution in [0.3, 0.4) is 0 Å². The Hall–Kier alpha value is -1.39. The Morgan fingerprint density at radius 1 is 1.10 bits per heavy atom. The quantitative estimate of drug-likeness (QED) is 0.912. The van der Waals surface area contributed by atoms with E-state index in [-0.39, 0.29) is 5.92 Å². The van der Waals surface area contributed by atoms with E-state index in [1.165, 1.54) is 5.56 Å². The molecule has 3 rings (SSSR count). The molecule has 0 aliphatic carbocycles. The maximum atomic E-state index is 10.7. The molecule has 3 N–H and O–H groups in total. The fourth-order valence-corrected chi connectivity index (χ4v) is 2.99. The molecule has 21 heavy (non-hydrogen) atoms. The van der Waals surface area contributed by atoms with Gasteiger partial charge in [-0.3, -0.25) is 0 Å². The van der Waals surface area contributed by atoms with Gasteiger partial charge in [0, 0.05) is 17.5 Å². The molecule has 2 unspecified atom stereocenters. The second kappa shape index (κ2) is 6.16. The van der Waals surface area contributed by atoms with Crippen LogP contribution in [-0.4, -0.2) is 11.7 Å². The SMILES string of the molecule is NCC(c1cccc(Cl)c1)C(O)c1ccc2c(c1)COC2. The first-order valence-electron chi connectivity index (χ1n) is 7.02. The molecule has 4 heteroatoms. The Morgan fingerprint density at radius 3 is 2.67 bits per heavy atom. The molecule has 2 atom stereocenters. The summed E-state index contributed by atoms with van der Waals surface area (Å²) in [4.78, 5) is 0. The predicted molar refractivity (Wildman–Crippen MR) is 83.1 cm³/mol. The number of fused-ring (bicyclic) bond motifs is 1. The molecule has 2 aromatic rings. The lowest BCUT2D eigenvalue weighted by Crippen LogP contribution is -2.20. The van der Waals surface area contributed by atoms with Gasteiger partial charge in [-0.05, 0) is 34.4 Å². The largest absolute Gasteiger partial charge is 0.388 e. The summed E-state index contributed by atoms with van der Waals surface area (Å²) in [6, 6.07) is 13.5. The number of benzene rings is 2. The monoisotopic (exact) mass is 303 g/mol. The van der Waals surface area contributed by atoms with Crippen molar-refractivity contribution in [1.82, 2.24) is 0 Å². The van der Waals surface area contributed by atoms with Crippen LogP contribution in [-0.2, 0) is 18.0 Å². The molecule has 0 aromatic heterocycles. The molecule has 0 fully saturated rings. The predicted octanol–water partition coefficient (Wildman–Crippen LogP) is 3.15. The Morgan fingerprint density at radius 2 is 1.90 bits per heavy atom. The van der Waals surface area contributed by atoms with Crippen LogP contribution < -0.4 is 5.73 Å². The van der Waals surface area contributed by atoms with E-state index in [1.54, 1.807) is 0 Å². The number of halogens is 1. The summed E-state index contributed by atoms with van der Waals surface area (Å²) in [6.07, 6.45) is -0.653. The maximum Gasteiger partial charge on any atom is 0.0870 e. The summed E-state index contributed by atoms with van der Waals surface area (Å²) in [5.74, 6) is -0.177. The normalized spacial score (nSPS) is 16.5. The summed E-state index contributed by atoms with van der Waals surface area (Å²) in [5.41, 5.74) is 10.0. The zero-order valence-electron chi connectivity index (χ0n) is 11.6. The highest BCUT2D eigenvalue weighted by atomic mass is 35.5. The van der Waals surface area contributed by atoms with Crippen LogP contribution in [0.4, 0.5) is 0 Å². The van der Waals surface area contributed by atoms with Gasteiger partial charge < -0.3 is 15.6 Å². The second-order valence-electron chi connectivity index (χ2n) is 5.36. The first kappa shape index (κ1) is 14.5. The summed E-state index contributed by atoms with van der Waals surface area (Å²) in [6.45, 7) is 1.62. The lowest BCUT2D eigenvalue weighted by atomic mass is 9.88. The van der Waals surface area contributed by atoms with Gasteiger partial charge in [-0.2, -0.15) is 0 Å². The van der Waals surface area contributed by atoms with Crippen LogP contribution in [0.5, 0.6) is 0 Å². The molecule has 3 nitrogen and oxygen atoms in total. The van der Waals surface area contributed by atoms with Gasteiger partial charge in [0.05, 0.1) is 19.3 Å². The van der Waals surface area contributed by atoms with E-state index in [0.29, 0.717) is 24.8 Å². The molecule has 2 aromatic carbocycles. The van der Waals surface area contributed by atoms with Crippen molar-refractivity contribution in [2.75, 3.05) is 6.54 Å². The zero-order valence-corrected chi connectivity index (χ0v) is 12.4. The minimum atomic E-state index is -0.653. The topological polar surface area (TPSA) is 55.5 Å². The van der Waals surface area contributed by atoms with Crippen molar-refractivity contribution in [3.63, 3.8) is 0 Å². The van der Waals surface area contributed by atoms with Crippen molar-refractivity contribution >= 4 is 11.6 Å². The molecule has 1 aliphatic heterocycles. The number of hydrogen-bond acceptors (Lipinski definition) is 3. The fraction of sp³-hybridized carbons (Fsp3) is 0.294. The number of hydrogen-bond donors (Lipinski definition) is 2. The third kappa shape index (κ3) is 2.97. The summed E-state index contributed by atoms with van der Waals surface area (Å²) >= 11 is 6.03. The molecular formula is C17H18ClNO2. The lowest BCUT2D eigenvalue weighted by molar-refractivity contribution is 0.134. The van der Waals surface area contributed by atoms with Crippen molar-refractivity contribution in [1.29, 1.82) is 0 Å². The van der Waals surface area contributed by atoms with Gasteiger partial charge in [-0.1, -0.05) is 41.9 Å². The van der Waals surface area contributed by atoms with Gasteiger partial charge in [-0.25, -0.2) is 0 Å². The summed E-state index contributed by atoms with van der Waals surface area (Å²) in [5, 5.41) is 11.3. The second-order valence-corrected chi connectivity index (χ2v) is 5.80. The van der Waals surface area contributed by atoms with Crippen LogP contribution in [0.15, 0.2) is 42.5 Å². The Labute approximate surface area is 129 Å². The number of nitrogens with two attached hydrogens (primary N) is 1. The van der Waals surface area contributed by atoms with Crippen molar-refractivity contribution in [3.05, 3.63) is 69.7 Å². The Kier molecular flexibility index (Phi) is 4.27. The van der Waals surface area contributed by atoms with Crippen molar-refractivity contribution in [2.45, 2.75) is 25.2 Å².